The number of hydrogen-bond donors (Lipinski definition) is 1. The molecule has 1 aromatic rings. The fourth-order valence-electron chi connectivity index (χ4n) is 4.84. The lowest BCUT2D eigenvalue weighted by atomic mass is 9.88. The highest BCUT2D eigenvalue weighted by Crippen LogP contribution is 2.26. The molecular formula is C24H37N3O. The molecule has 4 nitrogen and oxygen atoms in total. The second kappa shape index (κ2) is 9.41. The Morgan fingerprint density at radius 1 is 0.929 bits per heavy atom. The Labute approximate surface area is 170 Å². The van der Waals surface area contributed by atoms with Crippen LogP contribution in [0.5, 0.6) is 0 Å². The first-order valence-electron chi connectivity index (χ1n) is 11.5. The maximum absolute atomic E-state index is 11.8. The number of rotatable bonds is 7. The number of nitrogens with one attached hydrogen (secondary N) is 1. The summed E-state index contributed by atoms with van der Waals surface area (Å²) >= 11 is 0. The van der Waals surface area contributed by atoms with Gasteiger partial charge < -0.3 is 15.1 Å². The lowest BCUT2D eigenvalue weighted by Gasteiger charge is -2.41. The average molecular weight is 384 g/mol. The van der Waals surface area contributed by atoms with E-state index in [1.807, 2.05) is 0 Å². The Kier molecular flexibility index (Phi) is 6.69. The van der Waals surface area contributed by atoms with Gasteiger partial charge in [0.25, 0.3) is 0 Å². The van der Waals surface area contributed by atoms with Crippen LogP contribution in [0.3, 0.4) is 0 Å². The summed E-state index contributed by atoms with van der Waals surface area (Å²) in [5.74, 6) is 1.04. The standard InChI is InChI=1S/C24H37N3O/c1-26-14-12-23(13-15-26)27-16-10-21(11-17-27)18-20-4-2-19(3-5-20)6-9-24(28)25-22-7-8-22/h2-5,21-23H,6-18H2,1H3,(H,25,28). The zero-order valence-electron chi connectivity index (χ0n) is 17.5. The molecule has 0 spiro atoms. The van der Waals surface area contributed by atoms with Crippen molar-refractivity contribution >= 4 is 5.91 Å². The van der Waals surface area contributed by atoms with E-state index >= 15 is 0 Å². The van der Waals surface area contributed by atoms with E-state index in [-0.39, 0.29) is 5.91 Å². The molecule has 1 N–H and O–H groups in total. The second-order valence-corrected chi connectivity index (χ2v) is 9.38. The number of carbonyl (C=O) groups excluding carboxylic acids is 1. The number of carbonyl (C=O) groups is 1. The van der Waals surface area contributed by atoms with Gasteiger partial charge in [0.15, 0.2) is 0 Å². The molecule has 1 aromatic carbocycles. The normalized spacial score (nSPS) is 23.0. The second-order valence-electron chi connectivity index (χ2n) is 9.38. The van der Waals surface area contributed by atoms with Crippen LogP contribution in [0.4, 0.5) is 0 Å². The van der Waals surface area contributed by atoms with Crippen molar-refractivity contribution in [2.45, 2.75) is 69.9 Å². The van der Waals surface area contributed by atoms with Gasteiger partial charge in [-0.15, -0.1) is 0 Å². The fraction of sp³-hybridized carbons (Fsp3) is 0.708. The molecule has 28 heavy (non-hydrogen) atoms. The summed E-state index contributed by atoms with van der Waals surface area (Å²) in [7, 11) is 2.25. The summed E-state index contributed by atoms with van der Waals surface area (Å²) < 4.78 is 0. The van der Waals surface area contributed by atoms with Gasteiger partial charge in [0.2, 0.25) is 5.91 Å². The van der Waals surface area contributed by atoms with Crippen LogP contribution in [0.15, 0.2) is 24.3 Å². The molecule has 0 atom stereocenters. The zero-order chi connectivity index (χ0) is 19.3. The third kappa shape index (κ3) is 5.81. The molecule has 0 unspecified atom stereocenters. The molecule has 4 heteroatoms. The van der Waals surface area contributed by atoms with Gasteiger partial charge in [-0.25, -0.2) is 0 Å². The first-order chi connectivity index (χ1) is 13.7. The maximum Gasteiger partial charge on any atom is 0.220 e. The first-order valence-corrected chi connectivity index (χ1v) is 11.5. The fourth-order valence-corrected chi connectivity index (χ4v) is 4.84. The van der Waals surface area contributed by atoms with Crippen molar-refractivity contribution in [1.29, 1.82) is 0 Å². The molecule has 0 radical (unpaired) electrons. The van der Waals surface area contributed by atoms with Crippen LogP contribution in [-0.4, -0.2) is 61.0 Å². The summed E-state index contributed by atoms with van der Waals surface area (Å²) in [5, 5.41) is 3.07. The third-order valence-electron chi connectivity index (χ3n) is 6.98. The van der Waals surface area contributed by atoms with E-state index in [1.54, 1.807) is 0 Å². The molecule has 4 rings (SSSR count). The third-order valence-corrected chi connectivity index (χ3v) is 6.98. The van der Waals surface area contributed by atoms with Crippen LogP contribution in [-0.2, 0) is 17.6 Å². The van der Waals surface area contributed by atoms with Crippen LogP contribution in [0, 0.1) is 5.92 Å². The lowest BCUT2D eigenvalue weighted by molar-refractivity contribution is -0.121. The summed E-state index contributed by atoms with van der Waals surface area (Å²) in [6, 6.07) is 10.3. The van der Waals surface area contributed by atoms with E-state index in [1.165, 1.54) is 69.4 Å². The van der Waals surface area contributed by atoms with Crippen LogP contribution < -0.4 is 5.32 Å². The molecule has 2 heterocycles. The predicted octanol–water partition coefficient (Wildman–Crippen LogP) is 3.25. The van der Waals surface area contributed by atoms with Crippen LogP contribution in [0.2, 0.25) is 0 Å². The molecule has 2 aliphatic heterocycles. The van der Waals surface area contributed by atoms with Gasteiger partial charge in [0.1, 0.15) is 0 Å². The van der Waals surface area contributed by atoms with Crippen molar-refractivity contribution < 1.29 is 4.79 Å². The summed E-state index contributed by atoms with van der Waals surface area (Å²) in [4.78, 5) is 17.1. The van der Waals surface area contributed by atoms with Gasteiger partial charge >= 0.3 is 0 Å². The number of piperidine rings is 2. The Morgan fingerprint density at radius 3 is 2.21 bits per heavy atom. The van der Waals surface area contributed by atoms with E-state index in [9.17, 15) is 4.79 Å². The van der Waals surface area contributed by atoms with Crippen molar-refractivity contribution in [3.05, 3.63) is 35.4 Å². The molecule has 2 saturated heterocycles. The van der Waals surface area contributed by atoms with Gasteiger partial charge in [-0.2, -0.15) is 0 Å². The molecule has 0 aromatic heterocycles. The minimum atomic E-state index is 0.211. The molecule has 1 aliphatic carbocycles. The van der Waals surface area contributed by atoms with Gasteiger partial charge in [0, 0.05) is 18.5 Å². The Bertz CT molecular complexity index is 624. The van der Waals surface area contributed by atoms with E-state index in [2.05, 4.69) is 46.4 Å². The molecular weight excluding hydrogens is 346 g/mol. The number of aryl methyl sites for hydroxylation is 1. The highest BCUT2D eigenvalue weighted by atomic mass is 16.1. The average Bonchev–Trinajstić information content (AvgIpc) is 3.53. The van der Waals surface area contributed by atoms with Gasteiger partial charge in [-0.3, -0.25) is 4.79 Å². The summed E-state index contributed by atoms with van der Waals surface area (Å²) in [5.41, 5.74) is 2.75. The number of nitrogens with zero attached hydrogens (tertiary/aromatic N) is 2. The smallest absolute Gasteiger partial charge is 0.220 e. The minimum absolute atomic E-state index is 0.211. The van der Waals surface area contributed by atoms with Gasteiger partial charge in [-0.05, 0) is 102 Å². The van der Waals surface area contributed by atoms with Crippen LogP contribution >= 0.6 is 0 Å². The molecule has 3 aliphatic rings. The van der Waals surface area contributed by atoms with E-state index in [4.69, 9.17) is 0 Å². The van der Waals surface area contributed by atoms with Crippen molar-refractivity contribution in [1.82, 2.24) is 15.1 Å². The van der Waals surface area contributed by atoms with Crippen molar-refractivity contribution in [3.8, 4) is 0 Å². The lowest BCUT2D eigenvalue weighted by Crippen LogP contribution is -2.47. The highest BCUT2D eigenvalue weighted by Gasteiger charge is 2.27. The molecule has 154 valence electrons. The van der Waals surface area contributed by atoms with E-state index in [0.717, 1.165) is 31.2 Å². The molecule has 1 saturated carbocycles. The van der Waals surface area contributed by atoms with Crippen molar-refractivity contribution in [2.24, 2.45) is 5.92 Å². The van der Waals surface area contributed by atoms with Crippen LogP contribution in [0.1, 0.15) is 56.1 Å². The summed E-state index contributed by atoms with van der Waals surface area (Å²) in [6.45, 7) is 5.10. The monoisotopic (exact) mass is 383 g/mol. The Balaban J connectivity index is 1.17. The topological polar surface area (TPSA) is 35.6 Å². The number of likely N-dealkylation sites (tertiary alicyclic amines) is 2. The van der Waals surface area contributed by atoms with Crippen molar-refractivity contribution in [2.75, 3.05) is 33.2 Å². The number of amides is 1. The SMILES string of the molecule is CN1CCC(N2CCC(Cc3ccc(CCC(=O)NC4CC4)cc3)CC2)CC1. The van der Waals surface area contributed by atoms with Gasteiger partial charge in [0.05, 0.1) is 0 Å². The summed E-state index contributed by atoms with van der Waals surface area (Å²) in [6.07, 6.45) is 10.4. The van der Waals surface area contributed by atoms with Gasteiger partial charge in [-0.1, -0.05) is 24.3 Å². The number of hydrogen-bond acceptors (Lipinski definition) is 3. The highest BCUT2D eigenvalue weighted by molar-refractivity contribution is 5.76. The Morgan fingerprint density at radius 2 is 1.57 bits per heavy atom. The molecule has 3 fully saturated rings. The minimum Gasteiger partial charge on any atom is -0.353 e. The predicted molar refractivity (Wildman–Crippen MR) is 114 cm³/mol. The van der Waals surface area contributed by atoms with E-state index in [0.29, 0.717) is 12.5 Å². The number of benzene rings is 1. The van der Waals surface area contributed by atoms with Crippen molar-refractivity contribution in [3.63, 3.8) is 0 Å². The largest absolute Gasteiger partial charge is 0.353 e. The van der Waals surface area contributed by atoms with E-state index < -0.39 is 0 Å². The quantitative estimate of drug-likeness (QED) is 0.785. The molecule has 0 bridgehead atoms. The molecule has 1 amide bonds. The first kappa shape index (κ1) is 19.9. The zero-order valence-corrected chi connectivity index (χ0v) is 17.5. The van der Waals surface area contributed by atoms with Crippen LogP contribution in [0.25, 0.3) is 0 Å². The maximum atomic E-state index is 11.8. The Hall–Kier alpha value is -1.39.